The Balaban J connectivity index is 2.65. The molecule has 0 unspecified atom stereocenters. The predicted octanol–water partition coefficient (Wildman–Crippen LogP) is 1.85. The lowest BCUT2D eigenvalue weighted by molar-refractivity contribution is -0.386. The quantitative estimate of drug-likeness (QED) is 0.252. The first-order valence-corrected chi connectivity index (χ1v) is 7.62. The molecule has 2 aromatic carbocycles. The first kappa shape index (κ1) is 21.7. The van der Waals surface area contributed by atoms with Crippen molar-refractivity contribution in [3.05, 3.63) is 49.6 Å². The van der Waals surface area contributed by atoms with Crippen LogP contribution in [0.3, 0.4) is 0 Å². The summed E-state index contributed by atoms with van der Waals surface area (Å²) in [5.74, 6) is -7.25. The van der Waals surface area contributed by atoms with Gasteiger partial charge in [-0.3, -0.25) is 20.2 Å². The van der Waals surface area contributed by atoms with Crippen LogP contribution in [0.15, 0.2) is 18.2 Å². The van der Waals surface area contributed by atoms with Crippen molar-refractivity contribution in [2.45, 2.75) is 0 Å². The maximum atomic E-state index is 12.5. The van der Waals surface area contributed by atoms with Crippen molar-refractivity contribution < 1.29 is 49.0 Å². The number of carboxylic acid groups (broad SMARTS) is 1. The number of nitro benzene ring substituents is 2. The minimum Gasteiger partial charge on any atom is -0.500 e. The molecule has 2 aromatic rings. The fourth-order valence-corrected chi connectivity index (χ4v) is 2.36. The zero-order valence-electron chi connectivity index (χ0n) is 15.1. The van der Waals surface area contributed by atoms with Crippen LogP contribution in [0.4, 0.5) is 11.4 Å². The number of carbonyl (C=O) groups excluding carboxylic acids is 1. The molecule has 158 valence electrons. The van der Waals surface area contributed by atoms with Crippen LogP contribution < -0.4 is 14.2 Å². The minimum absolute atomic E-state index is 0.447. The van der Waals surface area contributed by atoms with Crippen molar-refractivity contribution in [1.82, 2.24) is 0 Å². The number of nitrogens with zero attached hydrogens (tertiary/aromatic N) is 2. The first-order chi connectivity index (χ1) is 14.0. The number of carbonyl (C=O) groups is 2. The molecule has 14 nitrogen and oxygen atoms in total. The van der Waals surface area contributed by atoms with Gasteiger partial charge in [0, 0.05) is 12.1 Å². The summed E-state index contributed by atoms with van der Waals surface area (Å²) in [5.41, 5.74) is -3.36. The molecule has 0 aromatic heterocycles. The number of methoxy groups -OCH3 is 2. The van der Waals surface area contributed by atoms with Gasteiger partial charge in [-0.05, 0) is 6.07 Å². The largest absolute Gasteiger partial charge is 0.500 e. The highest BCUT2D eigenvalue weighted by atomic mass is 16.6. The second kappa shape index (κ2) is 8.17. The smallest absolute Gasteiger partial charge is 0.344 e. The van der Waals surface area contributed by atoms with Gasteiger partial charge in [-0.1, -0.05) is 0 Å². The van der Waals surface area contributed by atoms with Crippen LogP contribution in [0, 0.1) is 20.2 Å². The molecule has 0 atom stereocenters. The number of phenols is 2. The molecule has 0 fully saturated rings. The summed E-state index contributed by atoms with van der Waals surface area (Å²) in [7, 11) is 1.99. The molecule has 0 bridgehead atoms. The van der Waals surface area contributed by atoms with Crippen molar-refractivity contribution in [3.63, 3.8) is 0 Å². The van der Waals surface area contributed by atoms with Crippen molar-refractivity contribution in [2.24, 2.45) is 0 Å². The Hall–Kier alpha value is -4.62. The van der Waals surface area contributed by atoms with Crippen LogP contribution in [-0.2, 0) is 0 Å². The van der Waals surface area contributed by atoms with Gasteiger partial charge in [-0.2, -0.15) is 0 Å². The van der Waals surface area contributed by atoms with Gasteiger partial charge >= 0.3 is 23.3 Å². The van der Waals surface area contributed by atoms with E-state index < -0.39 is 73.0 Å². The molecule has 0 spiro atoms. The van der Waals surface area contributed by atoms with Crippen LogP contribution >= 0.6 is 0 Å². The average molecular weight is 424 g/mol. The third-order valence-corrected chi connectivity index (χ3v) is 3.72. The summed E-state index contributed by atoms with van der Waals surface area (Å²) in [6, 6.07) is 1.96. The number of phenolic OH excluding ortho intramolecular Hbond substituents is 2. The topological polar surface area (TPSA) is 209 Å². The maximum absolute atomic E-state index is 12.5. The highest BCUT2D eigenvalue weighted by Gasteiger charge is 2.32. The number of ether oxygens (including phenoxy) is 3. The van der Waals surface area contributed by atoms with Crippen molar-refractivity contribution >= 4 is 23.3 Å². The zero-order chi connectivity index (χ0) is 22.7. The molecular formula is C16H12N2O12. The molecule has 0 saturated carbocycles. The van der Waals surface area contributed by atoms with E-state index in [9.17, 15) is 45.1 Å². The van der Waals surface area contributed by atoms with Crippen molar-refractivity contribution in [2.75, 3.05) is 14.2 Å². The molecule has 0 aliphatic carbocycles. The van der Waals surface area contributed by atoms with E-state index in [0.717, 1.165) is 20.3 Å². The number of hydrogen-bond acceptors (Lipinski definition) is 11. The molecule has 3 N–H and O–H groups in total. The Labute approximate surface area is 165 Å². The molecule has 0 saturated heterocycles. The zero-order valence-corrected chi connectivity index (χ0v) is 15.1. The lowest BCUT2D eigenvalue weighted by atomic mass is 10.1. The van der Waals surface area contributed by atoms with Gasteiger partial charge in [0.2, 0.25) is 17.2 Å². The minimum atomic E-state index is -1.76. The van der Waals surface area contributed by atoms with Gasteiger partial charge in [0.1, 0.15) is 5.56 Å². The third kappa shape index (κ3) is 3.82. The summed E-state index contributed by atoms with van der Waals surface area (Å²) in [6.45, 7) is 0. The molecular weight excluding hydrogens is 412 g/mol. The number of rotatable bonds is 7. The Morgan fingerprint density at radius 1 is 0.900 bits per heavy atom. The van der Waals surface area contributed by atoms with Gasteiger partial charge in [0.15, 0.2) is 11.5 Å². The number of hydrogen-bond donors (Lipinski definition) is 3. The van der Waals surface area contributed by atoms with Crippen molar-refractivity contribution in [1.29, 1.82) is 0 Å². The molecule has 30 heavy (non-hydrogen) atoms. The number of aromatic hydroxyl groups is 2. The predicted molar refractivity (Wildman–Crippen MR) is 94.5 cm³/mol. The summed E-state index contributed by atoms with van der Waals surface area (Å²) in [4.78, 5) is 44.0. The lowest BCUT2D eigenvalue weighted by Gasteiger charge is -2.14. The van der Waals surface area contributed by atoms with Crippen LogP contribution in [0.5, 0.6) is 28.7 Å². The van der Waals surface area contributed by atoms with E-state index in [4.69, 9.17) is 14.2 Å². The van der Waals surface area contributed by atoms with Crippen LogP contribution in [0.1, 0.15) is 20.7 Å². The number of benzene rings is 2. The van der Waals surface area contributed by atoms with Crippen LogP contribution in [0.2, 0.25) is 0 Å². The molecule has 0 aliphatic rings. The van der Waals surface area contributed by atoms with Crippen molar-refractivity contribution in [3.8, 4) is 28.7 Å². The SMILES string of the molecule is COc1cc(C(=O)Oc2c(C(=O)O)cc([N+](=O)[O-])c(O)c2OC)cc([N+](=O)[O-])c1O. The molecule has 0 radical (unpaired) electrons. The Bertz CT molecular complexity index is 1080. The fourth-order valence-electron chi connectivity index (χ4n) is 2.36. The van der Waals surface area contributed by atoms with Gasteiger partial charge in [-0.25, -0.2) is 9.59 Å². The molecule has 0 heterocycles. The van der Waals surface area contributed by atoms with E-state index in [-0.39, 0.29) is 0 Å². The maximum Gasteiger partial charge on any atom is 0.344 e. The van der Waals surface area contributed by atoms with Crippen LogP contribution in [0.25, 0.3) is 0 Å². The second-order valence-corrected chi connectivity index (χ2v) is 5.41. The summed E-state index contributed by atoms with van der Waals surface area (Å²) in [5, 5.41) is 51.1. The van der Waals surface area contributed by atoms with E-state index >= 15 is 0 Å². The van der Waals surface area contributed by atoms with E-state index in [0.29, 0.717) is 12.1 Å². The second-order valence-electron chi connectivity index (χ2n) is 5.41. The number of esters is 1. The molecule has 0 aliphatic heterocycles. The molecule has 2 rings (SSSR count). The Morgan fingerprint density at radius 2 is 1.47 bits per heavy atom. The van der Waals surface area contributed by atoms with Gasteiger partial charge in [0.05, 0.1) is 29.6 Å². The van der Waals surface area contributed by atoms with Gasteiger partial charge < -0.3 is 29.5 Å². The molecule has 0 amide bonds. The number of carboxylic acids is 1. The molecule has 14 heteroatoms. The normalized spacial score (nSPS) is 10.2. The summed E-state index contributed by atoms with van der Waals surface area (Å²) < 4.78 is 14.4. The van der Waals surface area contributed by atoms with Gasteiger partial charge in [0.25, 0.3) is 0 Å². The fraction of sp³-hybridized carbons (Fsp3) is 0.125. The van der Waals surface area contributed by atoms with E-state index in [2.05, 4.69) is 0 Å². The third-order valence-electron chi connectivity index (χ3n) is 3.72. The average Bonchev–Trinajstić information content (AvgIpc) is 2.67. The van der Waals surface area contributed by atoms with E-state index in [1.807, 2.05) is 0 Å². The highest BCUT2D eigenvalue weighted by Crippen LogP contribution is 2.46. The lowest BCUT2D eigenvalue weighted by Crippen LogP contribution is -2.14. The Morgan fingerprint density at radius 3 is 1.93 bits per heavy atom. The monoisotopic (exact) mass is 424 g/mol. The summed E-state index contributed by atoms with van der Waals surface area (Å²) in [6.07, 6.45) is 0. The Kier molecular flexibility index (Phi) is 5.91. The number of nitro groups is 2. The standard InChI is InChI=1S/C16H12N2O12/c1-28-10-4-6(3-8(11(10)19)17(24)25)16(23)30-13-7(15(21)22)5-9(18(26)27)12(20)14(13)29-2/h3-5,19-20H,1-2H3,(H,21,22). The first-order valence-electron chi connectivity index (χ1n) is 7.62. The highest BCUT2D eigenvalue weighted by molar-refractivity contribution is 5.98. The van der Waals surface area contributed by atoms with E-state index in [1.165, 1.54) is 0 Å². The number of aromatic carboxylic acids is 1. The van der Waals surface area contributed by atoms with Gasteiger partial charge in [-0.15, -0.1) is 0 Å². The van der Waals surface area contributed by atoms with E-state index in [1.54, 1.807) is 0 Å². The summed E-state index contributed by atoms with van der Waals surface area (Å²) >= 11 is 0. The van der Waals surface area contributed by atoms with Crippen LogP contribution in [-0.4, -0.2) is 51.3 Å².